The number of benzene rings is 2. The molecule has 8 heteroatoms. The van der Waals surface area contributed by atoms with E-state index in [9.17, 15) is 19.5 Å². The van der Waals surface area contributed by atoms with Crippen molar-refractivity contribution in [3.8, 4) is 11.1 Å². The van der Waals surface area contributed by atoms with Gasteiger partial charge in [0.05, 0.1) is 19.2 Å². The number of alkyl carbamates (subject to hydrolysis) is 1. The highest BCUT2D eigenvalue weighted by atomic mass is 16.6. The van der Waals surface area contributed by atoms with Crippen LogP contribution < -0.4 is 5.32 Å². The molecule has 2 aromatic rings. The van der Waals surface area contributed by atoms with E-state index in [2.05, 4.69) is 5.32 Å². The maximum Gasteiger partial charge on any atom is 0.411 e. The van der Waals surface area contributed by atoms with Crippen molar-refractivity contribution in [1.82, 2.24) is 10.2 Å². The number of nitrogens with zero attached hydrogens (tertiary/aromatic N) is 1. The topological polar surface area (TPSA) is 105 Å². The molecule has 1 aliphatic carbocycles. The molecule has 170 valence electrons. The summed E-state index contributed by atoms with van der Waals surface area (Å²) in [5, 5.41) is 12.7. The molecule has 0 radical (unpaired) electrons. The highest BCUT2D eigenvalue weighted by molar-refractivity contribution is 5.86. The number of carboxylic acid groups (broad SMARTS) is 1. The van der Waals surface area contributed by atoms with Crippen molar-refractivity contribution in [2.45, 2.75) is 51.4 Å². The Balaban J connectivity index is 2.06. The van der Waals surface area contributed by atoms with Crippen LogP contribution in [0.2, 0.25) is 0 Å². The van der Waals surface area contributed by atoms with Gasteiger partial charge in [0.15, 0.2) is 6.04 Å². The number of aliphatic carboxylic acids is 1. The van der Waals surface area contributed by atoms with Crippen LogP contribution in [0.15, 0.2) is 48.5 Å². The summed E-state index contributed by atoms with van der Waals surface area (Å²) in [6.07, 6.45) is -1.58. The fourth-order valence-electron chi connectivity index (χ4n) is 4.06. The molecule has 2 atom stereocenters. The lowest BCUT2D eigenvalue weighted by Gasteiger charge is -2.37. The van der Waals surface area contributed by atoms with Crippen LogP contribution in [0, 0.1) is 0 Å². The summed E-state index contributed by atoms with van der Waals surface area (Å²) in [6, 6.07) is 12.0. The van der Waals surface area contributed by atoms with Gasteiger partial charge in [0.2, 0.25) is 0 Å². The molecule has 0 saturated carbocycles. The molecule has 3 rings (SSSR count). The molecule has 1 unspecified atom stereocenters. The molecule has 0 spiro atoms. The third-order valence-corrected chi connectivity index (χ3v) is 5.24. The quantitative estimate of drug-likeness (QED) is 0.722. The van der Waals surface area contributed by atoms with Gasteiger partial charge in [-0.05, 0) is 49.9 Å². The first-order chi connectivity index (χ1) is 15.0. The van der Waals surface area contributed by atoms with E-state index in [1.54, 1.807) is 20.8 Å². The van der Waals surface area contributed by atoms with Gasteiger partial charge in [0.1, 0.15) is 5.60 Å². The van der Waals surface area contributed by atoms with Crippen LogP contribution in [0.3, 0.4) is 0 Å². The van der Waals surface area contributed by atoms with E-state index in [4.69, 9.17) is 9.47 Å². The number of carboxylic acids is 1. The van der Waals surface area contributed by atoms with Crippen molar-refractivity contribution >= 4 is 18.2 Å². The predicted octanol–water partition coefficient (Wildman–Crippen LogP) is 4.19. The lowest BCUT2D eigenvalue weighted by molar-refractivity contribution is -0.144. The first-order valence-electron chi connectivity index (χ1n) is 10.3. The number of amides is 2. The van der Waals surface area contributed by atoms with Crippen molar-refractivity contribution < 1.29 is 29.0 Å². The molecule has 32 heavy (non-hydrogen) atoms. The van der Waals surface area contributed by atoms with E-state index in [1.165, 1.54) is 18.9 Å². The van der Waals surface area contributed by atoms with E-state index in [0.29, 0.717) is 0 Å². The number of carbonyl (C=O) groups excluding carboxylic acids is 2. The molecule has 0 aliphatic heterocycles. The molecule has 0 bridgehead atoms. The Morgan fingerprint density at radius 3 is 1.94 bits per heavy atom. The maximum absolute atomic E-state index is 13.0. The average Bonchev–Trinajstić information content (AvgIpc) is 3.03. The molecule has 0 saturated heterocycles. The number of hydrogen-bond acceptors (Lipinski definition) is 5. The van der Waals surface area contributed by atoms with Crippen molar-refractivity contribution in [3.63, 3.8) is 0 Å². The molecule has 2 amide bonds. The van der Waals surface area contributed by atoms with E-state index in [0.717, 1.165) is 22.3 Å². The predicted molar refractivity (Wildman–Crippen MR) is 118 cm³/mol. The van der Waals surface area contributed by atoms with Crippen LogP contribution in [0.4, 0.5) is 9.59 Å². The van der Waals surface area contributed by atoms with Crippen LogP contribution in [0.1, 0.15) is 44.9 Å². The summed E-state index contributed by atoms with van der Waals surface area (Å²) >= 11 is 0. The molecular weight excluding hydrogens is 412 g/mol. The molecule has 2 N–H and O–H groups in total. The van der Waals surface area contributed by atoms with Crippen LogP contribution in [-0.4, -0.2) is 53.0 Å². The summed E-state index contributed by atoms with van der Waals surface area (Å²) in [7, 11) is 1.20. The van der Waals surface area contributed by atoms with E-state index in [-0.39, 0.29) is 0 Å². The maximum atomic E-state index is 13.0. The van der Waals surface area contributed by atoms with Gasteiger partial charge in [-0.1, -0.05) is 48.5 Å². The van der Waals surface area contributed by atoms with Crippen LogP contribution >= 0.6 is 0 Å². The summed E-state index contributed by atoms with van der Waals surface area (Å²) in [6.45, 7) is 6.64. The van der Waals surface area contributed by atoms with Crippen molar-refractivity contribution in [2.24, 2.45) is 0 Å². The van der Waals surface area contributed by atoms with Gasteiger partial charge in [-0.3, -0.25) is 4.90 Å². The number of fused-ring (bicyclic) bond motifs is 3. The summed E-state index contributed by atoms with van der Waals surface area (Å²) in [5.41, 5.74) is 2.65. The molecule has 2 aromatic carbocycles. The molecule has 8 nitrogen and oxygen atoms in total. The van der Waals surface area contributed by atoms with Gasteiger partial charge in [0.25, 0.3) is 0 Å². The van der Waals surface area contributed by atoms with E-state index in [1.807, 2.05) is 48.5 Å². The van der Waals surface area contributed by atoms with Crippen LogP contribution in [-0.2, 0) is 14.3 Å². The minimum Gasteiger partial charge on any atom is -0.480 e. The first kappa shape index (κ1) is 23.1. The van der Waals surface area contributed by atoms with Gasteiger partial charge in [-0.2, -0.15) is 0 Å². The Kier molecular flexibility index (Phi) is 6.43. The highest BCUT2D eigenvalue weighted by Crippen LogP contribution is 2.47. The normalized spacial score (nSPS) is 14.5. The van der Waals surface area contributed by atoms with Crippen LogP contribution in [0.25, 0.3) is 11.1 Å². The third-order valence-electron chi connectivity index (χ3n) is 5.24. The monoisotopic (exact) mass is 440 g/mol. The molecule has 0 aromatic heterocycles. The second kappa shape index (κ2) is 8.90. The lowest BCUT2D eigenvalue weighted by atomic mass is 9.99. The van der Waals surface area contributed by atoms with Gasteiger partial charge in [0, 0.05) is 0 Å². The zero-order valence-electron chi connectivity index (χ0n) is 18.8. The van der Waals surface area contributed by atoms with Crippen molar-refractivity contribution in [2.75, 3.05) is 7.11 Å². The van der Waals surface area contributed by atoms with Gasteiger partial charge in [-0.25, -0.2) is 14.4 Å². The third kappa shape index (κ3) is 4.54. The SMILES string of the molecule is COC(=O)N(C1c2ccccc2-c2ccccc21)[C@H](C(=O)O)C(C)NC(=O)OC(C)(C)C. The zero-order chi connectivity index (χ0) is 23.6. The second-order valence-electron chi connectivity index (χ2n) is 8.67. The highest BCUT2D eigenvalue weighted by Gasteiger charge is 2.45. The number of methoxy groups -OCH3 is 1. The Labute approximate surface area is 187 Å². The number of rotatable bonds is 5. The Morgan fingerprint density at radius 1 is 1.00 bits per heavy atom. The smallest absolute Gasteiger partial charge is 0.411 e. The largest absolute Gasteiger partial charge is 0.480 e. The fourth-order valence-corrected chi connectivity index (χ4v) is 4.06. The molecular formula is C24H28N2O6. The number of hydrogen-bond donors (Lipinski definition) is 2. The number of carbonyl (C=O) groups is 3. The fraction of sp³-hybridized carbons (Fsp3) is 0.375. The summed E-state index contributed by atoms with van der Waals surface area (Å²) in [4.78, 5) is 38.9. The minimum atomic E-state index is -1.42. The standard InChI is InChI=1S/C24H28N2O6/c1-14(25-22(29)32-24(2,3)4)19(21(27)28)26(23(30)31-5)20-17-12-8-6-10-15(17)16-11-7-9-13-18(16)20/h6-14,19-20H,1-5H3,(H,25,29)(H,27,28)/t14?,19-/m0/s1. The molecule has 0 heterocycles. The summed E-state index contributed by atoms with van der Waals surface area (Å²) < 4.78 is 10.3. The lowest BCUT2D eigenvalue weighted by Crippen LogP contribution is -2.57. The average molecular weight is 440 g/mol. The van der Waals surface area contributed by atoms with Gasteiger partial charge >= 0.3 is 18.2 Å². The van der Waals surface area contributed by atoms with E-state index < -0.39 is 41.9 Å². The minimum absolute atomic E-state index is 0.696. The van der Waals surface area contributed by atoms with Crippen molar-refractivity contribution in [3.05, 3.63) is 59.7 Å². The van der Waals surface area contributed by atoms with Gasteiger partial charge in [-0.15, -0.1) is 0 Å². The first-order valence-corrected chi connectivity index (χ1v) is 10.3. The Bertz CT molecular complexity index is 984. The van der Waals surface area contributed by atoms with Gasteiger partial charge < -0.3 is 19.9 Å². The summed E-state index contributed by atoms with van der Waals surface area (Å²) in [5.74, 6) is -1.28. The van der Waals surface area contributed by atoms with Crippen molar-refractivity contribution in [1.29, 1.82) is 0 Å². The Hall–Kier alpha value is -3.55. The van der Waals surface area contributed by atoms with E-state index >= 15 is 0 Å². The second-order valence-corrected chi connectivity index (χ2v) is 8.67. The number of ether oxygens (including phenoxy) is 2. The Morgan fingerprint density at radius 2 is 1.50 bits per heavy atom. The molecule has 0 fully saturated rings. The zero-order valence-corrected chi connectivity index (χ0v) is 18.8. The number of nitrogens with one attached hydrogen (secondary N) is 1. The molecule has 1 aliphatic rings. The van der Waals surface area contributed by atoms with Crippen LogP contribution in [0.5, 0.6) is 0 Å².